The molecule has 1 unspecified atom stereocenters. The molecule has 0 spiro atoms. The maximum absolute atomic E-state index is 10.2. The van der Waals surface area contributed by atoms with Gasteiger partial charge in [0, 0.05) is 12.0 Å². The SMILES string of the molecule is C=CC1(CCCO)c2cc(-c3ccc4c5c(cccc35)-c3ccccc3-4)ccc2-c2ccc(-c3ccc4ccc5cc(C(C)(C)C)cc6ccc3c4c56)cc21. The van der Waals surface area contributed by atoms with Crippen LogP contribution in [0.5, 0.6) is 0 Å². The first kappa shape index (κ1) is 32.4. The van der Waals surface area contributed by atoms with Gasteiger partial charge in [-0.3, -0.25) is 0 Å². The summed E-state index contributed by atoms with van der Waals surface area (Å²) in [5.74, 6) is 0. The van der Waals surface area contributed by atoms with Gasteiger partial charge < -0.3 is 5.11 Å². The van der Waals surface area contributed by atoms with Crippen molar-refractivity contribution in [2.75, 3.05) is 6.61 Å². The Labute approximate surface area is 322 Å². The van der Waals surface area contributed by atoms with E-state index >= 15 is 0 Å². The molecule has 0 aliphatic heterocycles. The molecule has 2 aliphatic carbocycles. The highest BCUT2D eigenvalue weighted by Crippen LogP contribution is 2.55. The van der Waals surface area contributed by atoms with Crippen LogP contribution in [0.15, 0.2) is 152 Å². The number of rotatable bonds is 6. The second-order valence-electron chi connectivity index (χ2n) is 16.9. The van der Waals surface area contributed by atoms with Crippen LogP contribution in [0.4, 0.5) is 0 Å². The van der Waals surface area contributed by atoms with Crippen molar-refractivity contribution in [3.63, 3.8) is 0 Å². The van der Waals surface area contributed by atoms with E-state index < -0.39 is 5.41 Å². The molecule has 0 radical (unpaired) electrons. The monoisotopic (exact) mass is 706 g/mol. The summed E-state index contributed by atoms with van der Waals surface area (Å²) in [6.45, 7) is 11.5. The highest BCUT2D eigenvalue weighted by Gasteiger charge is 2.41. The summed E-state index contributed by atoms with van der Waals surface area (Å²) < 4.78 is 0. The lowest BCUT2D eigenvalue weighted by molar-refractivity contribution is 0.276. The van der Waals surface area contributed by atoms with Gasteiger partial charge >= 0.3 is 0 Å². The van der Waals surface area contributed by atoms with Crippen LogP contribution < -0.4 is 0 Å². The van der Waals surface area contributed by atoms with Crippen LogP contribution in [-0.4, -0.2) is 11.7 Å². The van der Waals surface area contributed by atoms with E-state index in [1.54, 1.807) is 0 Å². The Hall–Kier alpha value is -6.02. The average Bonchev–Trinajstić information content (AvgIpc) is 3.68. The van der Waals surface area contributed by atoms with Crippen LogP contribution >= 0.6 is 0 Å². The van der Waals surface area contributed by atoms with E-state index in [9.17, 15) is 5.11 Å². The van der Waals surface area contributed by atoms with Crippen LogP contribution in [0.25, 0.3) is 98.7 Å². The molecule has 1 nitrogen and oxygen atoms in total. The van der Waals surface area contributed by atoms with Gasteiger partial charge in [0.1, 0.15) is 0 Å². The van der Waals surface area contributed by atoms with Gasteiger partial charge in [0.2, 0.25) is 0 Å². The molecule has 264 valence electrons. The third-order valence-corrected chi connectivity index (χ3v) is 13.0. The molecule has 0 saturated carbocycles. The third kappa shape index (κ3) is 4.45. The minimum absolute atomic E-state index is 0.0775. The van der Waals surface area contributed by atoms with E-state index in [1.807, 2.05) is 0 Å². The molecule has 55 heavy (non-hydrogen) atoms. The van der Waals surface area contributed by atoms with Crippen LogP contribution in [0.3, 0.4) is 0 Å². The first-order chi connectivity index (χ1) is 26.8. The van der Waals surface area contributed by atoms with Gasteiger partial charge in [0.05, 0.1) is 0 Å². The second-order valence-corrected chi connectivity index (χ2v) is 16.9. The lowest BCUT2D eigenvalue weighted by Gasteiger charge is -2.29. The largest absolute Gasteiger partial charge is 0.396 e. The molecule has 11 rings (SSSR count). The lowest BCUT2D eigenvalue weighted by Crippen LogP contribution is -2.23. The summed E-state index contributed by atoms with van der Waals surface area (Å²) in [6, 6.07) is 52.9. The maximum Gasteiger partial charge on any atom is 0.0431 e. The highest BCUT2D eigenvalue weighted by atomic mass is 16.2. The first-order valence-corrected chi connectivity index (χ1v) is 19.7. The molecule has 0 saturated heterocycles. The van der Waals surface area contributed by atoms with Crippen LogP contribution in [0.2, 0.25) is 0 Å². The predicted molar refractivity (Wildman–Crippen MR) is 234 cm³/mol. The molecule has 2 aliphatic rings. The fraction of sp³-hybridized carbons (Fsp3) is 0.148. The Morgan fingerprint density at radius 3 is 1.67 bits per heavy atom. The zero-order valence-corrected chi connectivity index (χ0v) is 31.6. The minimum atomic E-state index is -0.433. The molecule has 1 heteroatoms. The summed E-state index contributed by atoms with van der Waals surface area (Å²) in [6.07, 6.45) is 3.63. The minimum Gasteiger partial charge on any atom is -0.396 e. The van der Waals surface area contributed by atoms with Crippen LogP contribution in [0, 0.1) is 0 Å². The smallest absolute Gasteiger partial charge is 0.0431 e. The Balaban J connectivity index is 1.08. The summed E-state index contributed by atoms with van der Waals surface area (Å²) in [7, 11) is 0. The molecular weight excluding hydrogens is 665 g/mol. The van der Waals surface area contributed by atoms with E-state index in [1.165, 1.54) is 115 Å². The summed E-state index contributed by atoms with van der Waals surface area (Å²) in [4.78, 5) is 0. The van der Waals surface area contributed by atoms with Crippen molar-refractivity contribution in [2.24, 2.45) is 0 Å². The molecule has 0 amide bonds. The van der Waals surface area contributed by atoms with Gasteiger partial charge in [-0.25, -0.2) is 0 Å². The molecule has 0 fully saturated rings. The van der Waals surface area contributed by atoms with Crippen LogP contribution in [0.1, 0.15) is 50.3 Å². The van der Waals surface area contributed by atoms with Gasteiger partial charge in [0.15, 0.2) is 0 Å². The van der Waals surface area contributed by atoms with E-state index in [-0.39, 0.29) is 12.0 Å². The van der Waals surface area contributed by atoms with E-state index in [0.717, 1.165) is 6.42 Å². The molecular formula is C54H42O. The Bertz CT molecular complexity index is 3030. The number of hydrogen-bond donors (Lipinski definition) is 1. The number of benzene rings is 9. The Morgan fingerprint density at radius 1 is 0.509 bits per heavy atom. The molecule has 1 N–H and O–H groups in total. The van der Waals surface area contributed by atoms with E-state index in [0.29, 0.717) is 6.42 Å². The fourth-order valence-corrected chi connectivity index (χ4v) is 10.3. The van der Waals surface area contributed by atoms with Crippen molar-refractivity contribution in [1.29, 1.82) is 0 Å². The van der Waals surface area contributed by atoms with Crippen molar-refractivity contribution in [3.05, 3.63) is 169 Å². The van der Waals surface area contributed by atoms with Crippen molar-refractivity contribution < 1.29 is 5.11 Å². The van der Waals surface area contributed by atoms with E-state index in [2.05, 4.69) is 173 Å². The normalized spacial score (nSPS) is 15.6. The highest BCUT2D eigenvalue weighted by molar-refractivity contribution is 6.26. The van der Waals surface area contributed by atoms with Crippen molar-refractivity contribution in [2.45, 2.75) is 44.4 Å². The van der Waals surface area contributed by atoms with Gasteiger partial charge in [-0.2, -0.15) is 0 Å². The number of aliphatic hydroxyl groups excluding tert-OH is 1. The molecule has 9 aromatic rings. The van der Waals surface area contributed by atoms with Crippen molar-refractivity contribution >= 4 is 43.1 Å². The molecule has 0 heterocycles. The van der Waals surface area contributed by atoms with Gasteiger partial charge in [-0.1, -0.05) is 154 Å². The van der Waals surface area contributed by atoms with E-state index in [4.69, 9.17) is 0 Å². The number of aliphatic hydroxyl groups is 1. The molecule has 1 atom stereocenters. The predicted octanol–water partition coefficient (Wildman–Crippen LogP) is 14.2. The topological polar surface area (TPSA) is 20.2 Å². The zero-order chi connectivity index (χ0) is 37.2. The van der Waals surface area contributed by atoms with Gasteiger partial charge in [-0.15, -0.1) is 6.58 Å². The Kier molecular flexibility index (Phi) is 6.77. The molecule has 0 bridgehead atoms. The third-order valence-electron chi connectivity index (χ3n) is 13.0. The molecule has 0 aromatic heterocycles. The summed E-state index contributed by atoms with van der Waals surface area (Å²) in [5.41, 5.74) is 16.2. The first-order valence-electron chi connectivity index (χ1n) is 19.7. The van der Waals surface area contributed by atoms with Crippen molar-refractivity contribution in [1.82, 2.24) is 0 Å². The zero-order valence-electron chi connectivity index (χ0n) is 31.6. The standard InChI is InChI=1S/C54H42O/c1-5-54(26-9-27-55)48-30-33(38-20-16-32-14-15-35-28-37(53(2,3)4)29-36-19-23-46(38)51(32)50(35)36)17-21-42(48)43-22-18-34(31-49(43)54)39-24-25-47-41-11-7-6-10-40(41)45-13-8-12-44(39)52(45)47/h5-8,10-25,28-31,55H,1,9,26-27H2,2-4H3. The lowest BCUT2D eigenvalue weighted by atomic mass is 9.73. The van der Waals surface area contributed by atoms with Crippen molar-refractivity contribution in [3.8, 4) is 55.6 Å². The molecule has 9 aromatic carbocycles. The Morgan fingerprint density at radius 2 is 1.04 bits per heavy atom. The van der Waals surface area contributed by atoms with Crippen LogP contribution in [-0.2, 0) is 10.8 Å². The fourth-order valence-electron chi connectivity index (χ4n) is 10.3. The van der Waals surface area contributed by atoms with Gasteiger partial charge in [-0.05, 0) is 146 Å². The quantitative estimate of drug-likeness (QED) is 0.135. The number of fused-ring (bicyclic) bond motifs is 6. The number of allylic oxidation sites excluding steroid dienone is 1. The van der Waals surface area contributed by atoms with Gasteiger partial charge in [0.25, 0.3) is 0 Å². The average molecular weight is 707 g/mol. The second kappa shape index (κ2) is 11.5. The summed E-state index contributed by atoms with van der Waals surface area (Å²) in [5, 5.41) is 20.7. The summed E-state index contributed by atoms with van der Waals surface area (Å²) >= 11 is 0. The maximum atomic E-state index is 10.2. The number of hydrogen-bond acceptors (Lipinski definition) is 1.